The van der Waals surface area contributed by atoms with Crippen molar-refractivity contribution in [2.45, 2.75) is 19.4 Å². The molecule has 1 aliphatic rings. The molecule has 0 aromatic heterocycles. The van der Waals surface area contributed by atoms with Crippen molar-refractivity contribution < 1.29 is 4.79 Å². The Morgan fingerprint density at radius 2 is 2.30 bits per heavy atom. The van der Waals surface area contributed by atoms with Gasteiger partial charge in [0.1, 0.15) is 0 Å². The molecule has 2 N–H and O–H groups in total. The molecule has 0 saturated heterocycles. The monoisotopic (exact) mass is 140 g/mol. The van der Waals surface area contributed by atoms with E-state index in [-0.39, 0.29) is 11.6 Å². The summed E-state index contributed by atoms with van der Waals surface area (Å²) in [7, 11) is 0. The van der Waals surface area contributed by atoms with Crippen molar-refractivity contribution in [2.75, 3.05) is 6.54 Å². The van der Waals surface area contributed by atoms with Crippen LogP contribution in [0.4, 0.5) is 4.79 Å². The highest BCUT2D eigenvalue weighted by Crippen LogP contribution is 2.04. The van der Waals surface area contributed by atoms with Gasteiger partial charge in [-0.05, 0) is 13.8 Å². The highest BCUT2D eigenvalue weighted by Gasteiger charge is 2.17. The molecule has 0 spiro atoms. The molecule has 0 saturated carbocycles. The minimum atomic E-state index is -0.208. The van der Waals surface area contributed by atoms with Crippen molar-refractivity contribution in [3.05, 3.63) is 12.2 Å². The van der Waals surface area contributed by atoms with Gasteiger partial charge in [-0.2, -0.15) is 0 Å². The molecule has 0 unspecified atom stereocenters. The lowest BCUT2D eigenvalue weighted by molar-refractivity contribution is 0.236. The fraction of sp³-hybridized carbons (Fsp3) is 0.571. The van der Waals surface area contributed by atoms with E-state index in [1.165, 1.54) is 0 Å². The summed E-state index contributed by atoms with van der Waals surface area (Å²) in [5.74, 6) is 0. The molecule has 0 atom stereocenters. The molecule has 0 aliphatic carbocycles. The number of hydrogen-bond donors (Lipinski definition) is 2. The van der Waals surface area contributed by atoms with Crippen molar-refractivity contribution in [1.29, 1.82) is 0 Å². The molecular formula is C7H12N2O. The van der Waals surface area contributed by atoms with Crippen LogP contribution in [0.15, 0.2) is 12.2 Å². The summed E-state index contributed by atoms with van der Waals surface area (Å²) in [4.78, 5) is 10.8. The Hall–Kier alpha value is -0.990. The molecule has 1 heterocycles. The maximum Gasteiger partial charge on any atom is 0.315 e. The van der Waals surface area contributed by atoms with Crippen LogP contribution in [-0.2, 0) is 0 Å². The Labute approximate surface area is 60.5 Å². The van der Waals surface area contributed by atoms with Gasteiger partial charge in [0.2, 0.25) is 0 Å². The van der Waals surface area contributed by atoms with Crippen molar-refractivity contribution in [3.63, 3.8) is 0 Å². The van der Waals surface area contributed by atoms with Crippen molar-refractivity contribution >= 4 is 6.03 Å². The van der Waals surface area contributed by atoms with E-state index in [0.717, 1.165) is 0 Å². The van der Waals surface area contributed by atoms with Gasteiger partial charge in [-0.25, -0.2) is 4.79 Å². The number of carbonyl (C=O) groups excluding carboxylic acids is 1. The molecule has 0 aromatic rings. The van der Waals surface area contributed by atoms with Gasteiger partial charge in [0.15, 0.2) is 0 Å². The number of amides is 2. The summed E-state index contributed by atoms with van der Waals surface area (Å²) in [6.45, 7) is 4.53. The maximum atomic E-state index is 10.8. The molecule has 56 valence electrons. The Morgan fingerprint density at radius 1 is 1.60 bits per heavy atom. The predicted octanol–water partition coefficient (Wildman–Crippen LogP) is 0.634. The second kappa shape index (κ2) is 2.33. The average Bonchev–Trinajstić information content (AvgIpc) is 1.90. The number of rotatable bonds is 0. The van der Waals surface area contributed by atoms with Gasteiger partial charge in [0.05, 0.1) is 5.54 Å². The van der Waals surface area contributed by atoms with Crippen molar-refractivity contribution in [1.82, 2.24) is 10.6 Å². The lowest BCUT2D eigenvalue weighted by Gasteiger charge is -2.19. The fourth-order valence-electron chi connectivity index (χ4n) is 0.884. The Kier molecular flexibility index (Phi) is 1.66. The molecule has 1 rings (SSSR count). The molecule has 10 heavy (non-hydrogen) atoms. The van der Waals surface area contributed by atoms with Crippen LogP contribution in [0.3, 0.4) is 0 Å². The first-order valence-corrected chi connectivity index (χ1v) is 3.34. The summed E-state index contributed by atoms with van der Waals surface area (Å²) >= 11 is 0. The Balaban J connectivity index is 2.68. The SMILES string of the molecule is CC1(C)C=CCNC(=O)N1. The van der Waals surface area contributed by atoms with E-state index in [1.54, 1.807) is 0 Å². The van der Waals surface area contributed by atoms with Gasteiger partial charge in [-0.15, -0.1) is 0 Å². The fourth-order valence-corrected chi connectivity index (χ4v) is 0.884. The molecule has 0 aromatic carbocycles. The highest BCUT2D eigenvalue weighted by atomic mass is 16.2. The highest BCUT2D eigenvalue weighted by molar-refractivity contribution is 5.75. The molecule has 0 bridgehead atoms. The number of carbonyl (C=O) groups is 1. The largest absolute Gasteiger partial charge is 0.335 e. The van der Waals surface area contributed by atoms with Crippen molar-refractivity contribution in [2.24, 2.45) is 0 Å². The third-order valence-electron chi connectivity index (χ3n) is 1.35. The van der Waals surface area contributed by atoms with E-state index < -0.39 is 0 Å². The molecule has 0 radical (unpaired) electrons. The van der Waals surface area contributed by atoms with Crippen LogP contribution in [0.25, 0.3) is 0 Å². The Morgan fingerprint density at radius 3 is 3.00 bits per heavy atom. The minimum absolute atomic E-state index is 0.102. The summed E-state index contributed by atoms with van der Waals surface area (Å²) in [5, 5.41) is 5.44. The summed E-state index contributed by atoms with van der Waals surface area (Å²) < 4.78 is 0. The van der Waals surface area contributed by atoms with Gasteiger partial charge in [-0.1, -0.05) is 12.2 Å². The van der Waals surface area contributed by atoms with Crippen LogP contribution in [0, 0.1) is 0 Å². The van der Waals surface area contributed by atoms with Gasteiger partial charge in [0, 0.05) is 6.54 Å². The van der Waals surface area contributed by atoms with E-state index >= 15 is 0 Å². The molecule has 3 nitrogen and oxygen atoms in total. The zero-order valence-electron chi connectivity index (χ0n) is 6.27. The number of hydrogen-bond acceptors (Lipinski definition) is 1. The zero-order valence-corrected chi connectivity index (χ0v) is 6.27. The normalized spacial score (nSPS) is 22.8. The second-order valence-electron chi connectivity index (χ2n) is 2.96. The topological polar surface area (TPSA) is 41.1 Å². The van der Waals surface area contributed by atoms with E-state index in [1.807, 2.05) is 26.0 Å². The van der Waals surface area contributed by atoms with Crippen LogP contribution in [0.5, 0.6) is 0 Å². The molecule has 2 amide bonds. The lowest BCUT2D eigenvalue weighted by atomic mass is 10.1. The van der Waals surface area contributed by atoms with Crippen LogP contribution in [-0.4, -0.2) is 18.1 Å². The molecule has 1 aliphatic heterocycles. The summed E-state index contributed by atoms with van der Waals surface area (Å²) in [6, 6.07) is -0.102. The van der Waals surface area contributed by atoms with Crippen LogP contribution in [0.1, 0.15) is 13.8 Å². The Bertz CT molecular complexity index is 172. The summed E-state index contributed by atoms with van der Waals surface area (Å²) in [5.41, 5.74) is -0.208. The van der Waals surface area contributed by atoms with Gasteiger partial charge < -0.3 is 10.6 Å². The third kappa shape index (κ3) is 1.76. The van der Waals surface area contributed by atoms with E-state index in [0.29, 0.717) is 6.54 Å². The first kappa shape index (κ1) is 7.12. The minimum Gasteiger partial charge on any atom is -0.335 e. The van der Waals surface area contributed by atoms with Gasteiger partial charge in [-0.3, -0.25) is 0 Å². The van der Waals surface area contributed by atoms with Gasteiger partial charge in [0.25, 0.3) is 0 Å². The maximum absolute atomic E-state index is 10.8. The first-order valence-electron chi connectivity index (χ1n) is 3.34. The molecular weight excluding hydrogens is 128 g/mol. The van der Waals surface area contributed by atoms with Crippen LogP contribution < -0.4 is 10.6 Å². The van der Waals surface area contributed by atoms with Gasteiger partial charge >= 0.3 is 6.03 Å². The predicted molar refractivity (Wildman–Crippen MR) is 39.8 cm³/mol. The number of nitrogens with one attached hydrogen (secondary N) is 2. The zero-order chi connectivity index (χ0) is 7.61. The summed E-state index contributed by atoms with van der Waals surface area (Å²) in [6.07, 6.45) is 3.92. The quantitative estimate of drug-likeness (QED) is 0.476. The third-order valence-corrected chi connectivity index (χ3v) is 1.35. The molecule has 0 fully saturated rings. The first-order chi connectivity index (χ1) is 4.60. The van der Waals surface area contributed by atoms with E-state index in [4.69, 9.17) is 0 Å². The smallest absolute Gasteiger partial charge is 0.315 e. The standard InChI is InChI=1S/C7H12N2O/c1-7(2)4-3-5-8-6(10)9-7/h3-4H,5H2,1-2H3,(H2,8,9,10). The van der Waals surface area contributed by atoms with E-state index in [9.17, 15) is 4.79 Å². The van der Waals surface area contributed by atoms with Crippen LogP contribution >= 0.6 is 0 Å². The lowest BCUT2D eigenvalue weighted by Crippen LogP contribution is -2.45. The van der Waals surface area contributed by atoms with E-state index in [2.05, 4.69) is 10.6 Å². The van der Waals surface area contributed by atoms with Crippen LogP contribution in [0.2, 0.25) is 0 Å². The second-order valence-corrected chi connectivity index (χ2v) is 2.96. The van der Waals surface area contributed by atoms with Crippen molar-refractivity contribution in [3.8, 4) is 0 Å². The average molecular weight is 140 g/mol. The number of urea groups is 1. The molecule has 3 heteroatoms.